The van der Waals surface area contributed by atoms with Crippen molar-refractivity contribution in [2.45, 2.75) is 0 Å². The fraction of sp³-hybridized carbons (Fsp3) is 0. The van der Waals surface area contributed by atoms with Crippen molar-refractivity contribution in [3.8, 4) is 18.3 Å². The largest absolute Gasteiger partial charge is 0.308 e. The van der Waals surface area contributed by atoms with Crippen LogP contribution >= 0.6 is 0 Å². The molecule has 0 radical (unpaired) electrons. The van der Waals surface area contributed by atoms with Crippen LogP contribution in [0.5, 0.6) is 0 Å². The molecule has 29 heavy (non-hydrogen) atoms. The summed E-state index contributed by atoms with van der Waals surface area (Å²) in [6, 6.07) is 14.8. The molecule has 0 bridgehead atoms. The minimum Gasteiger partial charge on any atom is -0.308 e. The highest BCUT2D eigenvalue weighted by molar-refractivity contribution is 6.14. The predicted octanol–water partition coefficient (Wildman–Crippen LogP) is 4.82. The molecule has 3 rings (SSSR count). The third-order valence-corrected chi connectivity index (χ3v) is 4.07. The minimum absolute atomic E-state index is 0.118. The van der Waals surface area contributed by atoms with Gasteiger partial charge in [0.1, 0.15) is 29.3 Å². The zero-order valence-corrected chi connectivity index (χ0v) is 14.8. The second-order valence-electron chi connectivity index (χ2n) is 5.80. The molecule has 1 aliphatic rings. The number of hydrogen-bond acceptors (Lipinski definition) is 5. The molecule has 0 amide bonds. The number of halogens is 2. The van der Waals surface area contributed by atoms with E-state index in [0.717, 1.165) is 0 Å². The summed E-state index contributed by atoms with van der Waals surface area (Å²) in [6.07, 6.45) is 6.26. The maximum absolute atomic E-state index is 13.5. The number of benzene rings is 2. The minimum atomic E-state index is -0.437. The highest BCUT2D eigenvalue weighted by Crippen LogP contribution is 2.33. The lowest BCUT2D eigenvalue weighted by atomic mass is 9.99. The fourth-order valence-corrected chi connectivity index (χ4v) is 2.77. The zero-order valence-electron chi connectivity index (χ0n) is 14.8. The quantitative estimate of drug-likeness (QED) is 0.561. The highest BCUT2D eigenvalue weighted by atomic mass is 19.1. The Morgan fingerprint density at radius 3 is 1.76 bits per heavy atom. The standard InChI is InChI=1S/C22H11F2N5/c23-17-2-6-19(7-3-17)29(20-8-4-18(24)5-9-20)22-11-15(16(12-25)13-26)1-10-21(22)28-14-27/h1-11H. The Morgan fingerprint density at radius 2 is 1.31 bits per heavy atom. The molecule has 7 heteroatoms. The smallest absolute Gasteiger partial charge is 0.206 e. The second kappa shape index (κ2) is 8.43. The third kappa shape index (κ3) is 4.08. The van der Waals surface area contributed by atoms with Crippen molar-refractivity contribution in [1.29, 1.82) is 15.8 Å². The van der Waals surface area contributed by atoms with Gasteiger partial charge < -0.3 is 4.90 Å². The SMILES string of the molecule is N#CN=C1C=CC(=C(C#N)C#N)C=C1N(c1ccc(F)cc1)c1ccc(F)cc1. The van der Waals surface area contributed by atoms with Crippen molar-refractivity contribution in [2.75, 3.05) is 4.90 Å². The van der Waals surface area contributed by atoms with Crippen molar-refractivity contribution in [2.24, 2.45) is 4.99 Å². The number of anilines is 2. The van der Waals surface area contributed by atoms with Crippen molar-refractivity contribution < 1.29 is 8.78 Å². The average molecular weight is 383 g/mol. The lowest BCUT2D eigenvalue weighted by Gasteiger charge is -2.29. The van der Waals surface area contributed by atoms with Crippen LogP contribution in [0.3, 0.4) is 0 Å². The van der Waals surface area contributed by atoms with Crippen molar-refractivity contribution in [1.82, 2.24) is 0 Å². The molecule has 0 spiro atoms. The Labute approximate surface area is 165 Å². The van der Waals surface area contributed by atoms with E-state index in [-0.39, 0.29) is 11.3 Å². The van der Waals surface area contributed by atoms with E-state index in [4.69, 9.17) is 5.26 Å². The molecule has 0 saturated carbocycles. The van der Waals surface area contributed by atoms with Crippen molar-refractivity contribution in [3.63, 3.8) is 0 Å². The zero-order chi connectivity index (χ0) is 20.8. The summed E-state index contributed by atoms with van der Waals surface area (Å²) in [4.78, 5) is 5.44. The Morgan fingerprint density at radius 1 is 0.793 bits per heavy atom. The molecule has 0 atom stereocenters. The number of aliphatic imine (C=N–C) groups is 1. The molecule has 1 aliphatic carbocycles. The van der Waals surface area contributed by atoms with Gasteiger partial charge in [-0.2, -0.15) is 20.8 Å². The molecule has 0 unspecified atom stereocenters. The maximum atomic E-state index is 13.5. The van der Waals surface area contributed by atoms with Crippen LogP contribution in [0, 0.1) is 45.8 Å². The van der Waals surface area contributed by atoms with Crippen molar-refractivity contribution >= 4 is 17.1 Å². The number of nitrogens with zero attached hydrogens (tertiary/aromatic N) is 5. The van der Waals surface area contributed by atoms with Gasteiger partial charge in [0.2, 0.25) is 6.19 Å². The molecule has 5 nitrogen and oxygen atoms in total. The average Bonchev–Trinajstić information content (AvgIpc) is 2.73. The number of hydrogen-bond donors (Lipinski definition) is 0. The Kier molecular flexibility index (Phi) is 5.59. The summed E-state index contributed by atoms with van der Waals surface area (Å²) in [5, 5.41) is 27.5. The molecule has 2 aromatic rings. The van der Waals surface area contributed by atoms with E-state index in [2.05, 4.69) is 4.99 Å². The summed E-state index contributed by atoms with van der Waals surface area (Å²) in [5.41, 5.74) is 1.87. The van der Waals surface area contributed by atoms with Crippen LogP contribution in [0.1, 0.15) is 0 Å². The van der Waals surface area contributed by atoms with Gasteiger partial charge in [0.05, 0.1) is 11.4 Å². The third-order valence-electron chi connectivity index (χ3n) is 4.07. The summed E-state index contributed by atoms with van der Waals surface area (Å²) in [6.45, 7) is 0. The fourth-order valence-electron chi connectivity index (χ4n) is 2.77. The predicted molar refractivity (Wildman–Crippen MR) is 103 cm³/mol. The lowest BCUT2D eigenvalue weighted by molar-refractivity contribution is 0.628. The first-order chi connectivity index (χ1) is 14.1. The van der Waals surface area contributed by atoms with Crippen LogP contribution in [0.25, 0.3) is 0 Å². The van der Waals surface area contributed by atoms with Gasteiger partial charge in [-0.05, 0) is 60.7 Å². The van der Waals surface area contributed by atoms with Gasteiger partial charge in [-0.25, -0.2) is 8.78 Å². The van der Waals surface area contributed by atoms with Crippen LogP contribution < -0.4 is 4.90 Å². The number of nitriles is 3. The van der Waals surface area contributed by atoms with Gasteiger partial charge in [-0.1, -0.05) is 6.08 Å². The molecule has 0 heterocycles. The topological polar surface area (TPSA) is 87.0 Å². The van der Waals surface area contributed by atoms with Crippen LogP contribution in [-0.2, 0) is 0 Å². The first-order valence-corrected chi connectivity index (χ1v) is 8.30. The lowest BCUT2D eigenvalue weighted by Crippen LogP contribution is -2.24. The first-order valence-electron chi connectivity index (χ1n) is 8.30. The summed E-state index contributed by atoms with van der Waals surface area (Å²) in [7, 11) is 0. The van der Waals surface area contributed by atoms with Crippen molar-refractivity contribution in [3.05, 3.63) is 95.2 Å². The van der Waals surface area contributed by atoms with Gasteiger partial charge in [0, 0.05) is 16.9 Å². The van der Waals surface area contributed by atoms with Crippen LogP contribution in [-0.4, -0.2) is 5.71 Å². The monoisotopic (exact) mass is 383 g/mol. The van der Waals surface area contributed by atoms with Crippen LogP contribution in [0.15, 0.2) is 88.6 Å². The van der Waals surface area contributed by atoms with E-state index in [0.29, 0.717) is 22.6 Å². The second-order valence-corrected chi connectivity index (χ2v) is 5.80. The first kappa shape index (κ1) is 19.2. The molecule has 2 aromatic carbocycles. The Bertz CT molecular complexity index is 1120. The van der Waals surface area contributed by atoms with Crippen LogP contribution in [0.4, 0.5) is 20.2 Å². The van der Waals surface area contributed by atoms with Gasteiger partial charge >= 0.3 is 0 Å². The Hall–Kier alpha value is -4.54. The van der Waals surface area contributed by atoms with E-state index in [1.54, 1.807) is 11.1 Å². The van der Waals surface area contributed by atoms with E-state index < -0.39 is 11.6 Å². The van der Waals surface area contributed by atoms with Gasteiger partial charge in [-0.15, -0.1) is 0 Å². The van der Waals surface area contributed by atoms with E-state index >= 15 is 0 Å². The molecule has 0 N–H and O–H groups in total. The molecule has 0 aliphatic heterocycles. The van der Waals surface area contributed by atoms with Gasteiger partial charge in [0.25, 0.3) is 0 Å². The molecule has 0 saturated heterocycles. The van der Waals surface area contributed by atoms with Gasteiger partial charge in [0.15, 0.2) is 0 Å². The maximum Gasteiger partial charge on any atom is 0.206 e. The summed E-state index contributed by atoms with van der Waals surface area (Å²) >= 11 is 0. The molecule has 0 fully saturated rings. The molecular formula is C22H11F2N5. The summed E-state index contributed by atoms with van der Waals surface area (Å²) in [5.74, 6) is -0.874. The molecular weight excluding hydrogens is 372 g/mol. The number of allylic oxidation sites excluding steroid dienone is 5. The number of rotatable bonds is 3. The molecule has 138 valence electrons. The van der Waals surface area contributed by atoms with Crippen LogP contribution in [0.2, 0.25) is 0 Å². The van der Waals surface area contributed by atoms with E-state index in [1.807, 2.05) is 12.1 Å². The molecule has 0 aromatic heterocycles. The van der Waals surface area contributed by atoms with Gasteiger partial charge in [-0.3, -0.25) is 0 Å². The Balaban J connectivity index is 2.28. The summed E-state index contributed by atoms with van der Waals surface area (Å²) < 4.78 is 26.9. The van der Waals surface area contributed by atoms with E-state index in [1.165, 1.54) is 66.8 Å². The normalized spacial score (nSPS) is 13.8. The highest BCUT2D eigenvalue weighted by Gasteiger charge is 2.22. The van der Waals surface area contributed by atoms with E-state index in [9.17, 15) is 19.3 Å².